The van der Waals surface area contributed by atoms with Gasteiger partial charge in [0.05, 0.1) is 12.5 Å². The molecule has 1 unspecified atom stereocenters. The number of amides is 1. The molecule has 0 heterocycles. The summed E-state index contributed by atoms with van der Waals surface area (Å²) in [5.74, 6) is -0.963. The van der Waals surface area contributed by atoms with E-state index in [9.17, 15) is 18.0 Å². The maximum absolute atomic E-state index is 12.5. The Morgan fingerprint density at radius 3 is 2.17 bits per heavy atom. The van der Waals surface area contributed by atoms with Crippen molar-refractivity contribution in [2.45, 2.75) is 31.8 Å². The lowest BCUT2D eigenvalue weighted by atomic mass is 9.99. The predicted molar refractivity (Wildman–Crippen MR) is 134 cm³/mol. The molecule has 0 saturated heterocycles. The molecule has 0 aliphatic carbocycles. The van der Waals surface area contributed by atoms with Gasteiger partial charge in [-0.05, 0) is 55.7 Å². The van der Waals surface area contributed by atoms with Gasteiger partial charge in [-0.2, -0.15) is 8.42 Å². The van der Waals surface area contributed by atoms with Crippen LogP contribution in [-0.2, 0) is 37.4 Å². The lowest BCUT2D eigenvalue weighted by Gasteiger charge is -2.17. The Bertz CT molecular complexity index is 1240. The molecule has 0 bridgehead atoms. The van der Waals surface area contributed by atoms with Crippen LogP contribution in [0.1, 0.15) is 23.6 Å². The average molecular weight is 512 g/mol. The van der Waals surface area contributed by atoms with Crippen molar-refractivity contribution in [1.82, 2.24) is 5.32 Å². The molecule has 190 valence electrons. The minimum atomic E-state index is -3.97. The van der Waals surface area contributed by atoms with Crippen LogP contribution in [0.2, 0.25) is 0 Å². The first kappa shape index (κ1) is 26.7. The summed E-state index contributed by atoms with van der Waals surface area (Å²) in [4.78, 5) is 24.6. The molecule has 0 aromatic heterocycles. The number of esters is 1. The largest absolute Gasteiger partial charge is 0.466 e. The summed E-state index contributed by atoms with van der Waals surface area (Å²) < 4.78 is 40.6. The van der Waals surface area contributed by atoms with Gasteiger partial charge in [0.15, 0.2) is 0 Å². The first-order valence-corrected chi connectivity index (χ1v) is 12.9. The van der Waals surface area contributed by atoms with Crippen molar-refractivity contribution >= 4 is 22.2 Å². The zero-order valence-corrected chi connectivity index (χ0v) is 21.0. The molecule has 0 aliphatic heterocycles. The number of hydrogen-bond donors (Lipinski definition) is 1. The molecule has 0 fully saturated rings. The molecule has 3 aromatic rings. The molecule has 9 heteroatoms. The molecule has 1 atom stereocenters. The number of rotatable bonds is 11. The van der Waals surface area contributed by atoms with Gasteiger partial charge in [-0.3, -0.25) is 4.79 Å². The van der Waals surface area contributed by atoms with Crippen LogP contribution < -0.4 is 9.50 Å². The molecule has 36 heavy (non-hydrogen) atoms. The maximum atomic E-state index is 12.5. The molecule has 0 spiro atoms. The summed E-state index contributed by atoms with van der Waals surface area (Å²) in [5.41, 5.74) is 2.53. The minimum Gasteiger partial charge on any atom is -0.466 e. The Morgan fingerprint density at radius 1 is 0.861 bits per heavy atom. The topological polar surface area (TPSA) is 108 Å². The summed E-state index contributed by atoms with van der Waals surface area (Å²) in [6.45, 7) is 3.91. The fourth-order valence-corrected chi connectivity index (χ4v) is 4.26. The quantitative estimate of drug-likeness (QED) is 0.300. The van der Waals surface area contributed by atoms with E-state index in [0.717, 1.165) is 16.7 Å². The van der Waals surface area contributed by atoms with E-state index in [2.05, 4.69) is 5.32 Å². The van der Waals surface area contributed by atoms with Crippen molar-refractivity contribution in [3.8, 4) is 5.75 Å². The number of ether oxygens (including phenoxy) is 2. The van der Waals surface area contributed by atoms with Crippen LogP contribution in [0.4, 0.5) is 4.79 Å². The summed E-state index contributed by atoms with van der Waals surface area (Å²) in [5, 5.41) is 2.61. The van der Waals surface area contributed by atoms with Gasteiger partial charge >= 0.3 is 22.2 Å². The third kappa shape index (κ3) is 8.13. The fourth-order valence-electron chi connectivity index (χ4n) is 3.32. The summed E-state index contributed by atoms with van der Waals surface area (Å²) in [6, 6.07) is 22.0. The number of nitrogens with one attached hydrogen (secondary N) is 1. The van der Waals surface area contributed by atoms with Crippen LogP contribution in [0.5, 0.6) is 5.75 Å². The van der Waals surface area contributed by atoms with Crippen molar-refractivity contribution < 1.29 is 31.7 Å². The second-order valence-electron chi connectivity index (χ2n) is 8.09. The Labute approximate surface area is 211 Å². The van der Waals surface area contributed by atoms with E-state index in [1.54, 1.807) is 31.2 Å². The van der Waals surface area contributed by atoms with Gasteiger partial charge in [0.25, 0.3) is 0 Å². The number of alkyl carbamates (subject to hydrolysis) is 1. The number of aryl methyl sites for hydroxylation is 1. The highest BCUT2D eigenvalue weighted by Gasteiger charge is 2.22. The SMILES string of the molecule is CCOC(=O)C(CNC(=O)OCc1ccccc1)Cc1ccc(OS(=O)(=O)c2ccc(C)cc2)cc1. The standard InChI is InChI=1S/C27H29NO7S/c1-3-33-26(29)23(18-28-27(30)34-19-22-7-5-4-6-8-22)17-21-11-13-24(14-12-21)35-36(31,32)25-15-9-20(2)10-16-25/h4-16,23H,3,17-19H2,1-2H3,(H,28,30). The normalized spacial score (nSPS) is 11.8. The zero-order chi connectivity index (χ0) is 26.0. The highest BCUT2D eigenvalue weighted by atomic mass is 32.2. The molecule has 0 aliphatic rings. The van der Waals surface area contributed by atoms with Gasteiger partial charge in [-0.15, -0.1) is 0 Å². The van der Waals surface area contributed by atoms with Gasteiger partial charge in [0, 0.05) is 6.54 Å². The van der Waals surface area contributed by atoms with Crippen LogP contribution in [0.25, 0.3) is 0 Å². The van der Waals surface area contributed by atoms with Gasteiger partial charge in [0.1, 0.15) is 17.3 Å². The molecule has 3 aromatic carbocycles. The molecule has 1 N–H and O–H groups in total. The number of hydrogen-bond acceptors (Lipinski definition) is 7. The van der Waals surface area contributed by atoms with Crippen LogP contribution in [0.3, 0.4) is 0 Å². The molecular formula is C27H29NO7S. The van der Waals surface area contributed by atoms with Gasteiger partial charge in [0.2, 0.25) is 0 Å². The van der Waals surface area contributed by atoms with Gasteiger partial charge in [-0.1, -0.05) is 60.2 Å². The number of carbonyl (C=O) groups is 2. The van der Waals surface area contributed by atoms with Crippen LogP contribution in [-0.4, -0.2) is 33.6 Å². The predicted octanol–water partition coefficient (Wildman–Crippen LogP) is 4.41. The number of benzene rings is 3. The third-order valence-corrected chi connectivity index (χ3v) is 6.51. The summed E-state index contributed by atoms with van der Waals surface area (Å²) in [6.07, 6.45) is -0.374. The zero-order valence-electron chi connectivity index (χ0n) is 20.2. The summed E-state index contributed by atoms with van der Waals surface area (Å²) >= 11 is 0. The Morgan fingerprint density at radius 2 is 1.53 bits per heavy atom. The monoisotopic (exact) mass is 511 g/mol. The van der Waals surface area contributed by atoms with E-state index >= 15 is 0 Å². The van der Waals surface area contributed by atoms with E-state index in [0.29, 0.717) is 0 Å². The fraction of sp³-hybridized carbons (Fsp3) is 0.259. The highest BCUT2D eigenvalue weighted by molar-refractivity contribution is 7.87. The lowest BCUT2D eigenvalue weighted by molar-refractivity contribution is -0.147. The molecule has 3 rings (SSSR count). The van der Waals surface area contributed by atoms with Crippen molar-refractivity contribution in [3.05, 3.63) is 95.6 Å². The van der Waals surface area contributed by atoms with E-state index in [4.69, 9.17) is 13.7 Å². The summed E-state index contributed by atoms with van der Waals surface area (Å²) in [7, 11) is -3.97. The lowest BCUT2D eigenvalue weighted by Crippen LogP contribution is -2.35. The van der Waals surface area contributed by atoms with Gasteiger partial charge < -0.3 is 19.0 Å². The third-order valence-electron chi connectivity index (χ3n) is 5.25. The smallest absolute Gasteiger partial charge is 0.407 e. The van der Waals surface area contributed by atoms with E-state index < -0.39 is 28.1 Å². The molecule has 0 saturated carbocycles. The molecule has 8 nitrogen and oxygen atoms in total. The second-order valence-corrected chi connectivity index (χ2v) is 9.64. The van der Waals surface area contributed by atoms with Crippen molar-refractivity contribution in [2.75, 3.05) is 13.2 Å². The van der Waals surface area contributed by atoms with Crippen molar-refractivity contribution in [3.63, 3.8) is 0 Å². The average Bonchev–Trinajstić information content (AvgIpc) is 2.87. The van der Waals surface area contributed by atoms with Crippen molar-refractivity contribution in [2.24, 2.45) is 5.92 Å². The Hall–Kier alpha value is -3.85. The van der Waals surface area contributed by atoms with Crippen LogP contribution in [0, 0.1) is 12.8 Å². The van der Waals surface area contributed by atoms with Crippen molar-refractivity contribution in [1.29, 1.82) is 0 Å². The van der Waals surface area contributed by atoms with E-state index in [1.165, 1.54) is 24.3 Å². The first-order valence-electron chi connectivity index (χ1n) is 11.5. The Balaban J connectivity index is 1.58. The van der Waals surface area contributed by atoms with Gasteiger partial charge in [-0.25, -0.2) is 4.79 Å². The minimum absolute atomic E-state index is 0.0203. The number of carbonyl (C=O) groups excluding carboxylic acids is 2. The van der Waals surface area contributed by atoms with E-state index in [-0.39, 0.29) is 36.8 Å². The van der Waals surface area contributed by atoms with E-state index in [1.807, 2.05) is 37.3 Å². The Kier molecular flexibility index (Phi) is 9.46. The van der Waals surface area contributed by atoms with Crippen LogP contribution >= 0.6 is 0 Å². The first-order chi connectivity index (χ1) is 17.3. The van der Waals surface area contributed by atoms with Crippen LogP contribution in [0.15, 0.2) is 83.8 Å². The molecule has 0 radical (unpaired) electrons. The molecular weight excluding hydrogens is 482 g/mol. The highest BCUT2D eigenvalue weighted by Crippen LogP contribution is 2.21. The maximum Gasteiger partial charge on any atom is 0.407 e. The molecule has 1 amide bonds. The second kappa shape index (κ2) is 12.7.